The first-order valence-electron chi connectivity index (χ1n) is 5.73. The van der Waals surface area contributed by atoms with E-state index in [1.807, 2.05) is 30.3 Å². The van der Waals surface area contributed by atoms with E-state index in [4.69, 9.17) is 10.2 Å². The molecule has 0 heterocycles. The Kier molecular flexibility index (Phi) is 5.80. The standard InChI is InChI=1S/C9H8O4.C6H6S/c1-5-6(8(10)11)3-2-4-7(5)9(12)13;7-6-4-2-1-3-5-6/h2-4H,1H3,(H,10,11)(H,12,13);1-5,7H. The van der Waals surface area contributed by atoms with Gasteiger partial charge in [0, 0.05) is 4.90 Å². The quantitative estimate of drug-likeness (QED) is 0.741. The SMILES string of the molecule is Cc1c(C(=O)O)cccc1C(=O)O.Sc1ccccc1. The zero-order chi connectivity index (χ0) is 15.1. The Bertz CT molecular complexity index is 576. The lowest BCUT2D eigenvalue weighted by molar-refractivity contribution is 0.0696. The average molecular weight is 290 g/mol. The van der Waals surface area contributed by atoms with E-state index < -0.39 is 11.9 Å². The highest BCUT2D eigenvalue weighted by molar-refractivity contribution is 7.80. The Balaban J connectivity index is 0.000000240. The van der Waals surface area contributed by atoms with Gasteiger partial charge in [-0.15, -0.1) is 12.6 Å². The number of thiol groups is 1. The number of carbonyl (C=O) groups is 2. The molecule has 0 spiro atoms. The van der Waals surface area contributed by atoms with Gasteiger partial charge in [-0.1, -0.05) is 24.3 Å². The largest absolute Gasteiger partial charge is 0.478 e. The van der Waals surface area contributed by atoms with Crippen LogP contribution in [0.2, 0.25) is 0 Å². The van der Waals surface area contributed by atoms with Crippen LogP contribution in [-0.2, 0) is 0 Å². The van der Waals surface area contributed by atoms with Crippen molar-refractivity contribution in [1.29, 1.82) is 0 Å². The first-order valence-corrected chi connectivity index (χ1v) is 6.18. The highest BCUT2D eigenvalue weighted by Crippen LogP contribution is 2.13. The van der Waals surface area contributed by atoms with Gasteiger partial charge in [0.25, 0.3) is 0 Å². The van der Waals surface area contributed by atoms with Gasteiger partial charge in [0.2, 0.25) is 0 Å². The molecule has 0 unspecified atom stereocenters. The van der Waals surface area contributed by atoms with Crippen LogP contribution in [0.25, 0.3) is 0 Å². The fourth-order valence-electron chi connectivity index (χ4n) is 1.53. The van der Waals surface area contributed by atoms with Gasteiger partial charge in [-0.05, 0) is 36.8 Å². The number of carboxylic acid groups (broad SMARTS) is 2. The molecule has 4 nitrogen and oxygen atoms in total. The third-order valence-corrected chi connectivity index (χ3v) is 2.85. The molecule has 0 saturated carbocycles. The van der Waals surface area contributed by atoms with Crippen molar-refractivity contribution in [2.45, 2.75) is 11.8 Å². The maximum absolute atomic E-state index is 10.6. The van der Waals surface area contributed by atoms with Crippen molar-refractivity contribution in [3.63, 3.8) is 0 Å². The number of benzene rings is 2. The van der Waals surface area contributed by atoms with Crippen molar-refractivity contribution in [2.24, 2.45) is 0 Å². The first kappa shape index (κ1) is 15.8. The lowest BCUT2D eigenvalue weighted by atomic mass is 10.0. The molecule has 20 heavy (non-hydrogen) atoms. The second-order valence-corrected chi connectivity index (χ2v) is 4.44. The number of hydrogen-bond donors (Lipinski definition) is 3. The Morgan fingerprint density at radius 3 is 1.60 bits per heavy atom. The van der Waals surface area contributed by atoms with Gasteiger partial charge in [-0.2, -0.15) is 0 Å². The molecular weight excluding hydrogens is 276 g/mol. The van der Waals surface area contributed by atoms with Crippen molar-refractivity contribution < 1.29 is 19.8 Å². The minimum Gasteiger partial charge on any atom is -0.478 e. The molecule has 0 aliphatic rings. The fourth-order valence-corrected chi connectivity index (χ4v) is 1.70. The van der Waals surface area contributed by atoms with Gasteiger partial charge >= 0.3 is 11.9 Å². The summed E-state index contributed by atoms with van der Waals surface area (Å²) in [6.07, 6.45) is 0. The predicted molar refractivity (Wildman–Crippen MR) is 78.8 cm³/mol. The smallest absolute Gasteiger partial charge is 0.335 e. The topological polar surface area (TPSA) is 74.6 Å². The molecule has 0 atom stereocenters. The van der Waals surface area contributed by atoms with E-state index in [2.05, 4.69) is 12.6 Å². The van der Waals surface area contributed by atoms with Gasteiger partial charge < -0.3 is 10.2 Å². The summed E-state index contributed by atoms with van der Waals surface area (Å²) in [4.78, 5) is 22.2. The van der Waals surface area contributed by atoms with E-state index in [-0.39, 0.29) is 16.7 Å². The molecule has 0 amide bonds. The summed E-state index contributed by atoms with van der Waals surface area (Å²) in [7, 11) is 0. The van der Waals surface area contributed by atoms with Crippen LogP contribution in [0.3, 0.4) is 0 Å². The van der Waals surface area contributed by atoms with Crippen molar-refractivity contribution in [3.05, 3.63) is 65.2 Å². The molecule has 0 aromatic heterocycles. The second kappa shape index (κ2) is 7.35. The van der Waals surface area contributed by atoms with Crippen LogP contribution in [-0.4, -0.2) is 22.2 Å². The zero-order valence-corrected chi connectivity index (χ0v) is 11.7. The minimum atomic E-state index is -1.11. The van der Waals surface area contributed by atoms with Crippen molar-refractivity contribution in [3.8, 4) is 0 Å². The third-order valence-electron chi connectivity index (χ3n) is 2.55. The number of carboxylic acids is 2. The fraction of sp³-hybridized carbons (Fsp3) is 0.0667. The lowest BCUT2D eigenvalue weighted by Gasteiger charge is -2.03. The zero-order valence-electron chi connectivity index (χ0n) is 10.8. The van der Waals surface area contributed by atoms with Crippen LogP contribution < -0.4 is 0 Å². The van der Waals surface area contributed by atoms with Crippen LogP contribution in [0.5, 0.6) is 0 Å². The van der Waals surface area contributed by atoms with Crippen LogP contribution in [0, 0.1) is 6.92 Å². The van der Waals surface area contributed by atoms with E-state index >= 15 is 0 Å². The highest BCUT2D eigenvalue weighted by atomic mass is 32.1. The molecule has 0 aliphatic heterocycles. The summed E-state index contributed by atoms with van der Waals surface area (Å²) in [5.74, 6) is -2.22. The highest BCUT2D eigenvalue weighted by Gasteiger charge is 2.13. The summed E-state index contributed by atoms with van der Waals surface area (Å²) in [5, 5.41) is 17.4. The van der Waals surface area contributed by atoms with E-state index in [9.17, 15) is 9.59 Å². The second-order valence-electron chi connectivity index (χ2n) is 3.92. The molecule has 0 radical (unpaired) electrons. The van der Waals surface area contributed by atoms with Gasteiger partial charge in [0.05, 0.1) is 11.1 Å². The van der Waals surface area contributed by atoms with Gasteiger partial charge in [-0.25, -0.2) is 9.59 Å². The maximum atomic E-state index is 10.6. The molecule has 0 fully saturated rings. The molecule has 0 saturated heterocycles. The van der Waals surface area contributed by atoms with E-state index in [0.29, 0.717) is 0 Å². The van der Waals surface area contributed by atoms with Gasteiger partial charge in [0.15, 0.2) is 0 Å². The van der Waals surface area contributed by atoms with Crippen LogP contribution >= 0.6 is 12.6 Å². The van der Waals surface area contributed by atoms with Crippen LogP contribution in [0.1, 0.15) is 26.3 Å². The van der Waals surface area contributed by atoms with Gasteiger partial charge in [0.1, 0.15) is 0 Å². The number of hydrogen-bond acceptors (Lipinski definition) is 3. The summed E-state index contributed by atoms with van der Waals surface area (Å²) < 4.78 is 0. The molecule has 5 heteroatoms. The number of rotatable bonds is 2. The van der Waals surface area contributed by atoms with E-state index in [0.717, 1.165) is 4.90 Å². The Hall–Kier alpha value is -2.27. The minimum absolute atomic E-state index is 0.0277. The molecule has 2 rings (SSSR count). The molecule has 104 valence electrons. The van der Waals surface area contributed by atoms with Gasteiger partial charge in [-0.3, -0.25) is 0 Å². The molecule has 2 aromatic carbocycles. The number of aromatic carboxylic acids is 2. The predicted octanol–water partition coefficient (Wildman–Crippen LogP) is 3.37. The summed E-state index contributed by atoms with van der Waals surface area (Å²) in [6.45, 7) is 1.48. The Labute approximate surface area is 122 Å². The summed E-state index contributed by atoms with van der Waals surface area (Å²) in [6, 6.07) is 14.0. The molecular formula is C15H14O4S. The normalized spacial score (nSPS) is 9.30. The first-order chi connectivity index (χ1) is 9.43. The van der Waals surface area contributed by atoms with E-state index in [1.54, 1.807) is 0 Å². The van der Waals surface area contributed by atoms with Crippen molar-refractivity contribution in [2.75, 3.05) is 0 Å². The molecule has 2 aromatic rings. The summed E-state index contributed by atoms with van der Waals surface area (Å²) >= 11 is 4.08. The molecule has 0 bridgehead atoms. The Morgan fingerprint density at radius 2 is 1.30 bits per heavy atom. The van der Waals surface area contributed by atoms with Crippen molar-refractivity contribution in [1.82, 2.24) is 0 Å². The Morgan fingerprint density at radius 1 is 0.850 bits per heavy atom. The van der Waals surface area contributed by atoms with Crippen LogP contribution in [0.4, 0.5) is 0 Å². The van der Waals surface area contributed by atoms with Crippen molar-refractivity contribution >= 4 is 24.6 Å². The maximum Gasteiger partial charge on any atom is 0.335 e. The van der Waals surface area contributed by atoms with Crippen LogP contribution in [0.15, 0.2) is 53.4 Å². The monoisotopic (exact) mass is 290 g/mol. The summed E-state index contributed by atoms with van der Waals surface area (Å²) in [5.41, 5.74) is 0.335. The molecule has 0 aliphatic carbocycles. The molecule has 2 N–H and O–H groups in total. The average Bonchev–Trinajstić information content (AvgIpc) is 2.40. The third kappa shape index (κ3) is 4.44. The lowest BCUT2D eigenvalue weighted by Crippen LogP contribution is -2.06. The van der Waals surface area contributed by atoms with E-state index in [1.165, 1.54) is 25.1 Å².